The standard InChI is InChI=1S/C18H18N4O4/c1-11(19-2)17-20-16-9-6-13(22(24)25)10-15(16)18(23)21(17)12-4-7-14(26-3)8-5-12/h4-11,19H,1-3H3/t11-/m1/s1. The van der Waals surface area contributed by atoms with Crippen LogP contribution in [0.1, 0.15) is 18.8 Å². The zero-order chi connectivity index (χ0) is 18.8. The number of nitro benzene ring substituents is 1. The third kappa shape index (κ3) is 3.02. The second kappa shape index (κ2) is 6.93. The number of rotatable bonds is 5. The second-order valence-electron chi connectivity index (χ2n) is 5.78. The van der Waals surface area contributed by atoms with Crippen molar-refractivity contribution in [2.24, 2.45) is 0 Å². The molecule has 0 bridgehead atoms. The lowest BCUT2D eigenvalue weighted by Crippen LogP contribution is -2.28. The molecule has 0 spiro atoms. The molecule has 0 fully saturated rings. The van der Waals surface area contributed by atoms with Crippen LogP contribution in [0, 0.1) is 10.1 Å². The predicted octanol–water partition coefficient (Wildman–Crippen LogP) is 2.58. The molecular formula is C18H18N4O4. The van der Waals surface area contributed by atoms with Crippen LogP contribution >= 0.6 is 0 Å². The van der Waals surface area contributed by atoms with Gasteiger partial charge in [0.05, 0.1) is 34.7 Å². The molecule has 3 aromatic rings. The highest BCUT2D eigenvalue weighted by Gasteiger charge is 2.19. The lowest BCUT2D eigenvalue weighted by molar-refractivity contribution is -0.384. The number of methoxy groups -OCH3 is 1. The van der Waals surface area contributed by atoms with Gasteiger partial charge in [-0.1, -0.05) is 0 Å². The van der Waals surface area contributed by atoms with E-state index in [-0.39, 0.29) is 22.7 Å². The summed E-state index contributed by atoms with van der Waals surface area (Å²) in [7, 11) is 3.33. The van der Waals surface area contributed by atoms with E-state index in [1.54, 1.807) is 38.4 Å². The first-order valence-electron chi connectivity index (χ1n) is 7.99. The molecule has 1 N–H and O–H groups in total. The number of hydrogen-bond acceptors (Lipinski definition) is 6. The van der Waals surface area contributed by atoms with E-state index in [4.69, 9.17) is 4.74 Å². The Bertz CT molecular complexity index is 1030. The van der Waals surface area contributed by atoms with Gasteiger partial charge in [0, 0.05) is 12.1 Å². The van der Waals surface area contributed by atoms with Gasteiger partial charge in [-0.3, -0.25) is 19.5 Å². The van der Waals surface area contributed by atoms with Gasteiger partial charge in [-0.2, -0.15) is 0 Å². The van der Waals surface area contributed by atoms with E-state index >= 15 is 0 Å². The molecule has 2 aromatic carbocycles. The van der Waals surface area contributed by atoms with Gasteiger partial charge in [-0.05, 0) is 44.3 Å². The maximum absolute atomic E-state index is 13.1. The molecule has 0 aliphatic rings. The third-order valence-electron chi connectivity index (χ3n) is 4.24. The predicted molar refractivity (Wildman–Crippen MR) is 98.0 cm³/mol. The van der Waals surface area contributed by atoms with Crippen molar-refractivity contribution in [1.29, 1.82) is 0 Å². The fourth-order valence-corrected chi connectivity index (χ4v) is 2.70. The van der Waals surface area contributed by atoms with E-state index in [0.29, 0.717) is 22.8 Å². The molecule has 1 atom stereocenters. The minimum absolute atomic E-state index is 0.146. The second-order valence-corrected chi connectivity index (χ2v) is 5.78. The third-order valence-corrected chi connectivity index (χ3v) is 4.24. The van der Waals surface area contributed by atoms with Gasteiger partial charge in [-0.15, -0.1) is 0 Å². The zero-order valence-electron chi connectivity index (χ0n) is 14.6. The molecule has 3 rings (SSSR count). The smallest absolute Gasteiger partial charge is 0.270 e. The van der Waals surface area contributed by atoms with E-state index in [9.17, 15) is 14.9 Å². The lowest BCUT2D eigenvalue weighted by atomic mass is 10.2. The molecule has 1 heterocycles. The van der Waals surface area contributed by atoms with Crippen molar-refractivity contribution in [3.05, 3.63) is 68.8 Å². The Labute approximate surface area is 149 Å². The summed E-state index contributed by atoms with van der Waals surface area (Å²) in [6.07, 6.45) is 0. The molecule has 0 saturated carbocycles. The van der Waals surface area contributed by atoms with Crippen LogP contribution in [-0.2, 0) is 0 Å². The number of benzene rings is 2. The van der Waals surface area contributed by atoms with Crippen molar-refractivity contribution in [3.63, 3.8) is 0 Å². The van der Waals surface area contributed by atoms with E-state index < -0.39 is 4.92 Å². The summed E-state index contributed by atoms with van der Waals surface area (Å²) >= 11 is 0. The van der Waals surface area contributed by atoms with E-state index in [0.717, 1.165) is 0 Å². The van der Waals surface area contributed by atoms with Crippen LogP contribution in [0.15, 0.2) is 47.3 Å². The average molecular weight is 354 g/mol. The van der Waals surface area contributed by atoms with Gasteiger partial charge >= 0.3 is 0 Å². The summed E-state index contributed by atoms with van der Waals surface area (Å²) < 4.78 is 6.62. The first-order chi connectivity index (χ1) is 12.5. The van der Waals surface area contributed by atoms with Gasteiger partial charge in [0.1, 0.15) is 11.6 Å². The number of fused-ring (bicyclic) bond motifs is 1. The molecule has 8 nitrogen and oxygen atoms in total. The Balaban J connectivity index is 2.34. The highest BCUT2D eigenvalue weighted by molar-refractivity contribution is 5.80. The largest absolute Gasteiger partial charge is 0.497 e. The number of non-ortho nitro benzene ring substituents is 1. The van der Waals surface area contributed by atoms with Gasteiger partial charge in [0.15, 0.2) is 0 Å². The van der Waals surface area contributed by atoms with E-state index in [1.807, 2.05) is 6.92 Å². The fourth-order valence-electron chi connectivity index (χ4n) is 2.70. The number of nitrogens with zero attached hydrogens (tertiary/aromatic N) is 3. The minimum Gasteiger partial charge on any atom is -0.497 e. The fraction of sp³-hybridized carbons (Fsp3) is 0.222. The van der Waals surface area contributed by atoms with E-state index in [1.165, 1.54) is 22.8 Å². The van der Waals surface area contributed by atoms with Crippen molar-refractivity contribution in [1.82, 2.24) is 14.9 Å². The Morgan fingerprint density at radius 3 is 2.50 bits per heavy atom. The van der Waals surface area contributed by atoms with Crippen LogP contribution in [0.25, 0.3) is 16.6 Å². The molecule has 0 amide bonds. The molecule has 0 aliphatic heterocycles. The van der Waals surface area contributed by atoms with Crippen LogP contribution in [-0.4, -0.2) is 28.6 Å². The maximum atomic E-state index is 13.1. The molecule has 0 radical (unpaired) electrons. The summed E-state index contributed by atoms with van der Waals surface area (Å²) in [5, 5.41) is 14.3. The summed E-state index contributed by atoms with van der Waals surface area (Å²) in [5.41, 5.74) is 0.518. The molecule has 0 unspecified atom stereocenters. The summed E-state index contributed by atoms with van der Waals surface area (Å²) in [5.74, 6) is 1.18. The number of ether oxygens (including phenoxy) is 1. The summed E-state index contributed by atoms with van der Waals surface area (Å²) in [6, 6.07) is 10.9. The van der Waals surface area contributed by atoms with Crippen LogP contribution in [0.2, 0.25) is 0 Å². The maximum Gasteiger partial charge on any atom is 0.270 e. The molecule has 8 heteroatoms. The van der Waals surface area contributed by atoms with Gasteiger partial charge < -0.3 is 10.1 Å². The zero-order valence-corrected chi connectivity index (χ0v) is 14.6. The summed E-state index contributed by atoms with van der Waals surface area (Å²) in [6.45, 7) is 1.89. The highest BCUT2D eigenvalue weighted by Crippen LogP contribution is 2.22. The monoisotopic (exact) mass is 354 g/mol. The highest BCUT2D eigenvalue weighted by atomic mass is 16.6. The van der Waals surface area contributed by atoms with Crippen molar-refractivity contribution >= 4 is 16.6 Å². The van der Waals surface area contributed by atoms with E-state index in [2.05, 4.69) is 10.3 Å². The molecule has 134 valence electrons. The first kappa shape index (κ1) is 17.6. The normalized spacial score (nSPS) is 12.1. The SMILES string of the molecule is CN[C@H](C)c1nc2ccc([N+](=O)[O-])cc2c(=O)n1-c1ccc(OC)cc1. The van der Waals surface area contributed by atoms with Crippen molar-refractivity contribution < 1.29 is 9.66 Å². The van der Waals surface area contributed by atoms with Gasteiger partial charge in [0.2, 0.25) is 0 Å². The Morgan fingerprint density at radius 1 is 1.23 bits per heavy atom. The van der Waals surface area contributed by atoms with Crippen LogP contribution < -0.4 is 15.6 Å². The average Bonchev–Trinajstić information content (AvgIpc) is 2.67. The topological polar surface area (TPSA) is 99.3 Å². The van der Waals surface area contributed by atoms with Crippen LogP contribution in [0.5, 0.6) is 5.75 Å². The molecule has 0 aliphatic carbocycles. The number of aromatic nitrogens is 2. The molecule has 0 saturated heterocycles. The van der Waals surface area contributed by atoms with Crippen molar-refractivity contribution in [2.75, 3.05) is 14.2 Å². The summed E-state index contributed by atoms with van der Waals surface area (Å²) in [4.78, 5) is 28.2. The number of hydrogen-bond donors (Lipinski definition) is 1. The van der Waals surface area contributed by atoms with Gasteiger partial charge in [-0.25, -0.2) is 4.98 Å². The molecule has 1 aromatic heterocycles. The Kier molecular flexibility index (Phi) is 4.68. The first-order valence-corrected chi connectivity index (χ1v) is 7.99. The quantitative estimate of drug-likeness (QED) is 0.558. The minimum atomic E-state index is -0.527. The Morgan fingerprint density at radius 2 is 1.92 bits per heavy atom. The van der Waals surface area contributed by atoms with Gasteiger partial charge in [0.25, 0.3) is 11.2 Å². The Hall–Kier alpha value is -3.26. The van der Waals surface area contributed by atoms with Crippen molar-refractivity contribution in [3.8, 4) is 11.4 Å². The lowest BCUT2D eigenvalue weighted by Gasteiger charge is -2.18. The number of nitro groups is 1. The van der Waals surface area contributed by atoms with Crippen molar-refractivity contribution in [2.45, 2.75) is 13.0 Å². The molecular weight excluding hydrogens is 336 g/mol. The molecule has 26 heavy (non-hydrogen) atoms. The number of nitrogens with one attached hydrogen (secondary N) is 1. The van der Waals surface area contributed by atoms with Crippen LogP contribution in [0.4, 0.5) is 5.69 Å². The van der Waals surface area contributed by atoms with Crippen LogP contribution in [0.3, 0.4) is 0 Å².